The fraction of sp³-hybridized carbons (Fsp3) is 0.222. The van der Waals surface area contributed by atoms with E-state index >= 15 is 0 Å². The molecule has 0 unspecified atom stereocenters. The Hall–Kier alpha value is -1.51. The van der Waals surface area contributed by atoms with Crippen LogP contribution in [-0.2, 0) is 4.79 Å². The molecule has 0 aliphatic rings. The zero-order valence-corrected chi connectivity index (χ0v) is 7.13. The quantitative estimate of drug-likeness (QED) is 0.535. The number of ether oxygens (including phenoxy) is 1. The van der Waals surface area contributed by atoms with Crippen LogP contribution in [-0.4, -0.2) is 13.0 Å². The summed E-state index contributed by atoms with van der Waals surface area (Å²) in [6.45, 7) is 1.38. The largest absolute Gasteiger partial charge is 0.425 e. The van der Waals surface area contributed by atoms with E-state index in [9.17, 15) is 4.79 Å². The van der Waals surface area contributed by atoms with Gasteiger partial charge in [-0.25, -0.2) is 0 Å². The normalized spacial score (nSPS) is 9.17. The van der Waals surface area contributed by atoms with Crippen molar-refractivity contribution in [3.8, 4) is 5.75 Å². The molecule has 3 heteroatoms. The minimum atomic E-state index is -0.308. The summed E-state index contributed by atoms with van der Waals surface area (Å²) < 4.78 is 4.93. The molecule has 3 nitrogen and oxygen atoms in total. The van der Waals surface area contributed by atoms with Crippen LogP contribution in [0.3, 0.4) is 0 Å². The molecular weight excluding hydrogens is 154 g/mol. The number of carbonyl (C=O) groups is 1. The van der Waals surface area contributed by atoms with E-state index in [2.05, 4.69) is 5.32 Å². The minimum absolute atomic E-state index is 0.308. The number of esters is 1. The van der Waals surface area contributed by atoms with Crippen LogP contribution < -0.4 is 10.1 Å². The third-order valence-electron chi connectivity index (χ3n) is 1.41. The smallest absolute Gasteiger partial charge is 0.308 e. The first-order valence-corrected chi connectivity index (χ1v) is 3.69. The van der Waals surface area contributed by atoms with Gasteiger partial charge in [-0.2, -0.15) is 0 Å². The summed E-state index contributed by atoms with van der Waals surface area (Å²) in [4.78, 5) is 10.6. The van der Waals surface area contributed by atoms with Crippen molar-refractivity contribution in [3.05, 3.63) is 24.3 Å². The lowest BCUT2D eigenvalue weighted by Crippen LogP contribution is -2.03. The molecule has 0 aliphatic carbocycles. The van der Waals surface area contributed by atoms with Crippen molar-refractivity contribution in [2.75, 3.05) is 12.4 Å². The molecule has 64 valence electrons. The van der Waals surface area contributed by atoms with E-state index in [4.69, 9.17) is 4.74 Å². The van der Waals surface area contributed by atoms with E-state index in [0.717, 1.165) is 5.69 Å². The van der Waals surface area contributed by atoms with Gasteiger partial charge in [0.05, 0.1) is 5.69 Å². The second kappa shape index (κ2) is 3.76. The maximum Gasteiger partial charge on any atom is 0.308 e. The summed E-state index contributed by atoms with van der Waals surface area (Å²) in [5.74, 6) is 0.255. The van der Waals surface area contributed by atoms with Crippen LogP contribution in [0, 0.1) is 0 Å². The molecule has 1 N–H and O–H groups in total. The first-order valence-electron chi connectivity index (χ1n) is 3.69. The van der Waals surface area contributed by atoms with Gasteiger partial charge in [0.2, 0.25) is 0 Å². The maximum atomic E-state index is 10.6. The van der Waals surface area contributed by atoms with Crippen LogP contribution in [0.5, 0.6) is 5.75 Å². The molecule has 12 heavy (non-hydrogen) atoms. The molecule has 0 amide bonds. The van der Waals surface area contributed by atoms with E-state index in [0.29, 0.717) is 5.75 Å². The highest BCUT2D eigenvalue weighted by Gasteiger charge is 2.01. The Labute approximate surface area is 71.4 Å². The molecular formula is C9H11NO2. The maximum absolute atomic E-state index is 10.6. The van der Waals surface area contributed by atoms with Crippen molar-refractivity contribution in [1.82, 2.24) is 0 Å². The lowest BCUT2D eigenvalue weighted by Gasteiger charge is -2.06. The molecule has 0 atom stereocenters. The van der Waals surface area contributed by atoms with Crippen molar-refractivity contribution in [2.24, 2.45) is 0 Å². The molecule has 0 aromatic heterocycles. The molecule has 0 fully saturated rings. The van der Waals surface area contributed by atoms with Gasteiger partial charge >= 0.3 is 5.97 Å². The third kappa shape index (κ3) is 1.99. The standard InChI is InChI=1S/C9H11NO2/c1-7(11)12-9-6-4-3-5-8(9)10-2/h3-6,10H,1-2H3. The van der Waals surface area contributed by atoms with Crippen molar-refractivity contribution < 1.29 is 9.53 Å². The lowest BCUT2D eigenvalue weighted by molar-refractivity contribution is -0.131. The molecule has 0 bridgehead atoms. The van der Waals surface area contributed by atoms with Crippen molar-refractivity contribution in [1.29, 1.82) is 0 Å². The number of benzene rings is 1. The predicted octanol–water partition coefficient (Wildman–Crippen LogP) is 1.65. The number of para-hydroxylation sites is 2. The van der Waals surface area contributed by atoms with Crippen LogP contribution in [0.4, 0.5) is 5.69 Å². The lowest BCUT2D eigenvalue weighted by atomic mass is 10.3. The van der Waals surface area contributed by atoms with Gasteiger partial charge in [-0.15, -0.1) is 0 Å². The molecule has 1 rings (SSSR count). The number of nitrogens with one attached hydrogen (secondary N) is 1. The minimum Gasteiger partial charge on any atom is -0.425 e. The predicted molar refractivity (Wildman–Crippen MR) is 47.3 cm³/mol. The monoisotopic (exact) mass is 165 g/mol. The second-order valence-electron chi connectivity index (χ2n) is 2.34. The van der Waals surface area contributed by atoms with Gasteiger partial charge in [-0.05, 0) is 12.1 Å². The second-order valence-corrected chi connectivity index (χ2v) is 2.34. The van der Waals surface area contributed by atoms with E-state index in [-0.39, 0.29) is 5.97 Å². The molecule has 0 heterocycles. The van der Waals surface area contributed by atoms with Crippen LogP contribution in [0.1, 0.15) is 6.92 Å². The van der Waals surface area contributed by atoms with Crippen molar-refractivity contribution >= 4 is 11.7 Å². The fourth-order valence-corrected chi connectivity index (χ4v) is 0.917. The molecule has 1 aromatic rings. The Balaban J connectivity index is 2.89. The van der Waals surface area contributed by atoms with E-state index in [1.807, 2.05) is 18.2 Å². The Morgan fingerprint density at radius 2 is 2.08 bits per heavy atom. The van der Waals surface area contributed by atoms with E-state index in [1.165, 1.54) is 6.92 Å². The highest BCUT2D eigenvalue weighted by molar-refractivity contribution is 5.72. The summed E-state index contributed by atoms with van der Waals surface area (Å²) in [5, 5.41) is 2.92. The van der Waals surface area contributed by atoms with Crippen LogP contribution in [0.2, 0.25) is 0 Å². The van der Waals surface area contributed by atoms with Crippen molar-refractivity contribution in [3.63, 3.8) is 0 Å². The Morgan fingerprint density at radius 3 is 2.67 bits per heavy atom. The molecule has 0 radical (unpaired) electrons. The SMILES string of the molecule is CNc1ccccc1OC(C)=O. The number of carbonyl (C=O) groups excluding carboxylic acids is 1. The van der Waals surface area contributed by atoms with Crippen LogP contribution >= 0.6 is 0 Å². The summed E-state index contributed by atoms with van der Waals surface area (Å²) in [7, 11) is 1.78. The van der Waals surface area contributed by atoms with Gasteiger partial charge in [0, 0.05) is 14.0 Å². The summed E-state index contributed by atoms with van der Waals surface area (Å²) in [6, 6.07) is 7.28. The highest BCUT2D eigenvalue weighted by atomic mass is 16.5. The molecule has 0 saturated carbocycles. The zero-order valence-electron chi connectivity index (χ0n) is 7.13. The number of rotatable bonds is 2. The topological polar surface area (TPSA) is 38.3 Å². The number of hydrogen-bond donors (Lipinski definition) is 1. The van der Waals surface area contributed by atoms with Gasteiger partial charge in [-0.1, -0.05) is 12.1 Å². The van der Waals surface area contributed by atoms with Crippen LogP contribution in [0.15, 0.2) is 24.3 Å². The first kappa shape index (κ1) is 8.59. The third-order valence-corrected chi connectivity index (χ3v) is 1.41. The molecule has 0 spiro atoms. The Morgan fingerprint density at radius 1 is 1.42 bits per heavy atom. The highest BCUT2D eigenvalue weighted by Crippen LogP contribution is 2.22. The summed E-state index contributed by atoms with van der Waals surface area (Å²) in [5.41, 5.74) is 0.813. The van der Waals surface area contributed by atoms with Gasteiger partial charge in [0.25, 0.3) is 0 Å². The Bertz CT molecular complexity index is 284. The Kier molecular flexibility index (Phi) is 2.69. The average Bonchev–Trinajstić information content (AvgIpc) is 2.04. The summed E-state index contributed by atoms with van der Waals surface area (Å²) >= 11 is 0. The molecule has 0 aliphatic heterocycles. The first-order chi connectivity index (χ1) is 5.74. The summed E-state index contributed by atoms with van der Waals surface area (Å²) in [6.07, 6.45) is 0. The number of anilines is 1. The van der Waals surface area contributed by atoms with Gasteiger partial charge in [0.15, 0.2) is 5.75 Å². The van der Waals surface area contributed by atoms with E-state index in [1.54, 1.807) is 13.1 Å². The molecule has 0 saturated heterocycles. The van der Waals surface area contributed by atoms with E-state index < -0.39 is 0 Å². The fourth-order valence-electron chi connectivity index (χ4n) is 0.917. The average molecular weight is 165 g/mol. The molecule has 1 aromatic carbocycles. The van der Waals surface area contributed by atoms with Gasteiger partial charge in [0.1, 0.15) is 0 Å². The van der Waals surface area contributed by atoms with Gasteiger partial charge < -0.3 is 10.1 Å². The van der Waals surface area contributed by atoms with Gasteiger partial charge in [-0.3, -0.25) is 4.79 Å². The number of hydrogen-bond acceptors (Lipinski definition) is 3. The van der Waals surface area contributed by atoms with Crippen LogP contribution in [0.25, 0.3) is 0 Å². The zero-order chi connectivity index (χ0) is 8.97. The van der Waals surface area contributed by atoms with Crippen molar-refractivity contribution in [2.45, 2.75) is 6.92 Å².